The van der Waals surface area contributed by atoms with Gasteiger partial charge in [-0.1, -0.05) is 37.6 Å². The number of ether oxygens (including phenoxy) is 1. The summed E-state index contributed by atoms with van der Waals surface area (Å²) in [6.45, 7) is 2.50. The van der Waals surface area contributed by atoms with E-state index in [1.165, 1.54) is 6.08 Å². The zero-order valence-electron chi connectivity index (χ0n) is 9.89. The first-order valence-corrected chi connectivity index (χ1v) is 5.66. The molecule has 0 spiro atoms. The van der Waals surface area contributed by atoms with E-state index in [1.54, 1.807) is 30.3 Å². The van der Waals surface area contributed by atoms with Gasteiger partial charge < -0.3 is 4.74 Å². The van der Waals surface area contributed by atoms with Gasteiger partial charge in [-0.05, 0) is 18.1 Å². The minimum atomic E-state index is -0.335. The maximum atomic E-state index is 11.2. The third-order valence-electron chi connectivity index (χ3n) is 2.23. The van der Waals surface area contributed by atoms with Gasteiger partial charge in [0.15, 0.2) is 0 Å². The Balaban J connectivity index is 2.46. The molecule has 0 unspecified atom stereocenters. The van der Waals surface area contributed by atoms with Gasteiger partial charge in [-0.25, -0.2) is 4.79 Å². The summed E-state index contributed by atoms with van der Waals surface area (Å²) < 4.78 is 4.97. The van der Waals surface area contributed by atoms with E-state index in [0.717, 1.165) is 24.7 Å². The van der Waals surface area contributed by atoms with Gasteiger partial charge in [0, 0.05) is 11.6 Å². The highest BCUT2D eigenvalue weighted by Gasteiger charge is 1.96. The molecule has 0 heterocycles. The first kappa shape index (κ1) is 13.2. The number of esters is 1. The van der Waals surface area contributed by atoms with Crippen LogP contribution in [-0.2, 0) is 9.53 Å². The number of hydrogen-bond acceptors (Lipinski definition) is 3. The second-order valence-electron chi connectivity index (χ2n) is 3.64. The molecule has 0 bridgehead atoms. The summed E-state index contributed by atoms with van der Waals surface area (Å²) in [4.78, 5) is 21.7. The summed E-state index contributed by atoms with van der Waals surface area (Å²) in [5.74, 6) is -0.335. The van der Waals surface area contributed by atoms with Crippen molar-refractivity contribution < 1.29 is 14.3 Å². The lowest BCUT2D eigenvalue weighted by atomic mass is 10.1. The van der Waals surface area contributed by atoms with Gasteiger partial charge in [-0.3, -0.25) is 4.79 Å². The Labute approximate surface area is 101 Å². The fourth-order valence-corrected chi connectivity index (χ4v) is 1.22. The summed E-state index contributed by atoms with van der Waals surface area (Å²) in [6.07, 6.45) is 5.73. The van der Waals surface area contributed by atoms with Gasteiger partial charge in [-0.2, -0.15) is 0 Å². The predicted octanol–water partition coefficient (Wildman–Crippen LogP) is 2.86. The van der Waals surface area contributed by atoms with E-state index in [-0.39, 0.29) is 5.97 Å². The molecule has 0 radical (unpaired) electrons. The Morgan fingerprint density at radius 3 is 2.47 bits per heavy atom. The molecule has 1 aromatic rings. The molecular formula is C14H16O3. The molecule has 90 valence electrons. The number of benzene rings is 1. The number of hydrogen-bond donors (Lipinski definition) is 0. The number of aldehydes is 1. The first-order chi connectivity index (χ1) is 8.26. The fraction of sp³-hybridized carbons (Fsp3) is 0.286. The van der Waals surface area contributed by atoms with Crippen LogP contribution < -0.4 is 0 Å². The zero-order chi connectivity index (χ0) is 12.5. The summed E-state index contributed by atoms with van der Waals surface area (Å²) in [5, 5.41) is 0. The van der Waals surface area contributed by atoms with Crippen molar-refractivity contribution in [3.05, 3.63) is 41.5 Å². The lowest BCUT2D eigenvalue weighted by Gasteiger charge is -1.99. The van der Waals surface area contributed by atoms with E-state index in [4.69, 9.17) is 4.74 Å². The van der Waals surface area contributed by atoms with Crippen LogP contribution >= 0.6 is 0 Å². The van der Waals surface area contributed by atoms with Crippen molar-refractivity contribution in [2.45, 2.75) is 19.8 Å². The summed E-state index contributed by atoms with van der Waals surface area (Å²) in [7, 11) is 0. The molecule has 0 aliphatic carbocycles. The Bertz CT molecular complexity index is 390. The van der Waals surface area contributed by atoms with Crippen molar-refractivity contribution >= 4 is 18.3 Å². The fourth-order valence-electron chi connectivity index (χ4n) is 1.22. The highest BCUT2D eigenvalue weighted by atomic mass is 16.5. The molecule has 0 aliphatic heterocycles. The van der Waals surface area contributed by atoms with E-state index in [2.05, 4.69) is 0 Å². The Kier molecular flexibility index (Phi) is 5.72. The van der Waals surface area contributed by atoms with E-state index >= 15 is 0 Å². The molecule has 0 atom stereocenters. The van der Waals surface area contributed by atoms with Gasteiger partial charge in [0.25, 0.3) is 0 Å². The largest absolute Gasteiger partial charge is 0.463 e. The molecule has 0 amide bonds. The molecule has 1 aromatic carbocycles. The van der Waals surface area contributed by atoms with Gasteiger partial charge >= 0.3 is 5.97 Å². The highest BCUT2D eigenvalue weighted by molar-refractivity contribution is 5.87. The van der Waals surface area contributed by atoms with Crippen molar-refractivity contribution in [1.29, 1.82) is 0 Å². The topological polar surface area (TPSA) is 43.4 Å². The standard InChI is InChI=1S/C14H16O3/c1-2-3-10-17-14(16)9-8-12-4-6-13(11-15)7-5-12/h4-9,11H,2-3,10H2,1H3/b9-8+. The van der Waals surface area contributed by atoms with E-state index < -0.39 is 0 Å². The van der Waals surface area contributed by atoms with E-state index in [9.17, 15) is 9.59 Å². The average Bonchev–Trinajstić information content (AvgIpc) is 2.37. The normalized spacial score (nSPS) is 10.4. The van der Waals surface area contributed by atoms with Crippen LogP contribution in [-0.4, -0.2) is 18.9 Å². The average molecular weight is 232 g/mol. The smallest absolute Gasteiger partial charge is 0.330 e. The molecule has 1 rings (SSSR count). The van der Waals surface area contributed by atoms with Crippen molar-refractivity contribution in [2.75, 3.05) is 6.61 Å². The van der Waals surface area contributed by atoms with Crippen LogP contribution in [0.1, 0.15) is 35.7 Å². The van der Waals surface area contributed by atoms with Crippen LogP contribution in [0.2, 0.25) is 0 Å². The van der Waals surface area contributed by atoms with Crippen LogP contribution in [0.5, 0.6) is 0 Å². The molecule has 17 heavy (non-hydrogen) atoms. The number of unbranched alkanes of at least 4 members (excludes halogenated alkanes) is 1. The monoisotopic (exact) mass is 232 g/mol. The molecule has 3 nitrogen and oxygen atoms in total. The maximum Gasteiger partial charge on any atom is 0.330 e. The Hall–Kier alpha value is -1.90. The quantitative estimate of drug-likeness (QED) is 0.328. The number of carbonyl (C=O) groups excluding carboxylic acids is 2. The lowest BCUT2D eigenvalue weighted by Crippen LogP contribution is -2.01. The van der Waals surface area contributed by atoms with Crippen molar-refractivity contribution in [3.8, 4) is 0 Å². The third kappa shape index (κ3) is 5.11. The first-order valence-electron chi connectivity index (χ1n) is 5.66. The molecule has 0 aromatic heterocycles. The van der Waals surface area contributed by atoms with Crippen LogP contribution in [0.25, 0.3) is 6.08 Å². The summed E-state index contributed by atoms with van der Waals surface area (Å²) in [5.41, 5.74) is 1.48. The van der Waals surface area contributed by atoms with E-state index in [0.29, 0.717) is 12.2 Å². The van der Waals surface area contributed by atoms with Crippen LogP contribution in [0.15, 0.2) is 30.3 Å². The molecule has 0 saturated heterocycles. The Morgan fingerprint density at radius 2 is 1.88 bits per heavy atom. The number of carbonyl (C=O) groups is 2. The van der Waals surface area contributed by atoms with Crippen molar-refractivity contribution in [2.24, 2.45) is 0 Å². The summed E-state index contributed by atoms with van der Waals surface area (Å²) >= 11 is 0. The third-order valence-corrected chi connectivity index (χ3v) is 2.23. The molecule has 3 heteroatoms. The summed E-state index contributed by atoms with van der Waals surface area (Å²) in [6, 6.07) is 6.96. The number of rotatable bonds is 6. The van der Waals surface area contributed by atoms with Crippen LogP contribution in [0.3, 0.4) is 0 Å². The second-order valence-corrected chi connectivity index (χ2v) is 3.64. The molecule has 0 N–H and O–H groups in total. The lowest BCUT2D eigenvalue weighted by molar-refractivity contribution is -0.137. The van der Waals surface area contributed by atoms with Gasteiger partial charge in [0.1, 0.15) is 6.29 Å². The van der Waals surface area contributed by atoms with Crippen molar-refractivity contribution in [3.63, 3.8) is 0 Å². The van der Waals surface area contributed by atoms with Crippen LogP contribution in [0.4, 0.5) is 0 Å². The Morgan fingerprint density at radius 1 is 1.24 bits per heavy atom. The van der Waals surface area contributed by atoms with E-state index in [1.807, 2.05) is 6.92 Å². The van der Waals surface area contributed by atoms with Gasteiger partial charge in [-0.15, -0.1) is 0 Å². The highest BCUT2D eigenvalue weighted by Crippen LogP contribution is 2.04. The van der Waals surface area contributed by atoms with Gasteiger partial charge in [0.05, 0.1) is 6.61 Å². The molecule has 0 aliphatic rings. The maximum absolute atomic E-state index is 11.2. The van der Waals surface area contributed by atoms with Gasteiger partial charge in [0.2, 0.25) is 0 Å². The molecule has 0 fully saturated rings. The molecule has 0 saturated carbocycles. The SMILES string of the molecule is CCCCOC(=O)/C=C/c1ccc(C=O)cc1. The zero-order valence-corrected chi connectivity index (χ0v) is 9.89. The minimum absolute atomic E-state index is 0.335. The second kappa shape index (κ2) is 7.39. The van der Waals surface area contributed by atoms with Crippen LogP contribution in [0, 0.1) is 0 Å². The minimum Gasteiger partial charge on any atom is -0.463 e. The predicted molar refractivity (Wildman–Crippen MR) is 66.7 cm³/mol. The van der Waals surface area contributed by atoms with Crippen molar-refractivity contribution in [1.82, 2.24) is 0 Å². The molecular weight excluding hydrogens is 216 g/mol.